The van der Waals surface area contributed by atoms with E-state index in [1.807, 2.05) is 32.9 Å². The molecule has 1 amide bonds. The summed E-state index contributed by atoms with van der Waals surface area (Å²) in [5.41, 5.74) is 0.520. The summed E-state index contributed by atoms with van der Waals surface area (Å²) in [5, 5.41) is 0. The molecule has 1 fully saturated rings. The van der Waals surface area contributed by atoms with Crippen LogP contribution >= 0.6 is 0 Å². The minimum atomic E-state index is -3.50. The largest absolute Gasteiger partial charge is 0.444 e. The van der Waals surface area contributed by atoms with E-state index >= 15 is 0 Å². The Bertz CT molecular complexity index is 878. The molecule has 6 heteroatoms. The van der Waals surface area contributed by atoms with Gasteiger partial charge in [0.15, 0.2) is 0 Å². The van der Waals surface area contributed by atoms with Gasteiger partial charge in [-0.1, -0.05) is 30.3 Å². The molecule has 5 nitrogen and oxygen atoms in total. The number of sulfone groups is 1. The zero-order valence-electron chi connectivity index (χ0n) is 15.2. The lowest BCUT2D eigenvalue weighted by Gasteiger charge is -2.40. The van der Waals surface area contributed by atoms with Gasteiger partial charge in [0.2, 0.25) is 9.84 Å². The van der Waals surface area contributed by atoms with Crippen molar-refractivity contribution in [1.82, 2.24) is 4.90 Å². The van der Waals surface area contributed by atoms with Crippen molar-refractivity contribution in [2.45, 2.75) is 42.1 Å². The van der Waals surface area contributed by atoms with E-state index in [2.05, 4.69) is 0 Å². The molecule has 1 aliphatic rings. The van der Waals surface area contributed by atoms with Crippen LogP contribution in [-0.2, 0) is 14.6 Å². The predicted molar refractivity (Wildman–Crippen MR) is 98.9 cm³/mol. The molecule has 1 aliphatic heterocycles. The summed E-state index contributed by atoms with van der Waals surface area (Å²) >= 11 is 0. The number of nitrogens with zero attached hydrogens (tertiary/aromatic N) is 1. The third-order valence-electron chi connectivity index (χ3n) is 4.25. The Morgan fingerprint density at radius 2 is 1.50 bits per heavy atom. The molecule has 26 heavy (non-hydrogen) atoms. The van der Waals surface area contributed by atoms with Gasteiger partial charge in [-0.3, -0.25) is 0 Å². The van der Waals surface area contributed by atoms with Crippen LogP contribution in [0.4, 0.5) is 4.79 Å². The quantitative estimate of drug-likeness (QED) is 0.820. The Balaban J connectivity index is 1.66. The summed E-state index contributed by atoms with van der Waals surface area (Å²) in [4.78, 5) is 14.2. The number of benzene rings is 2. The van der Waals surface area contributed by atoms with Crippen LogP contribution in [0.2, 0.25) is 0 Å². The lowest BCUT2D eigenvalue weighted by molar-refractivity contribution is 0.00819. The molecule has 2 aromatic rings. The Hall–Kier alpha value is -2.34. The van der Waals surface area contributed by atoms with Gasteiger partial charge < -0.3 is 9.64 Å². The van der Waals surface area contributed by atoms with Crippen molar-refractivity contribution in [2.75, 3.05) is 13.1 Å². The first-order valence-corrected chi connectivity index (χ1v) is 10.0. The zero-order valence-corrected chi connectivity index (χ0v) is 16.0. The van der Waals surface area contributed by atoms with E-state index < -0.39 is 15.4 Å². The summed E-state index contributed by atoms with van der Waals surface area (Å²) in [6.07, 6.45) is -0.308. The molecule has 0 saturated carbocycles. The number of ether oxygens (including phenoxy) is 1. The molecule has 1 saturated heterocycles. The van der Waals surface area contributed by atoms with Gasteiger partial charge in [-0.05, 0) is 50.6 Å². The molecule has 138 valence electrons. The second-order valence-corrected chi connectivity index (χ2v) is 9.42. The first-order valence-electron chi connectivity index (χ1n) is 8.55. The Kier molecular flexibility index (Phi) is 4.80. The van der Waals surface area contributed by atoms with E-state index in [1.165, 1.54) is 0 Å². The molecule has 0 spiro atoms. The highest BCUT2D eigenvalue weighted by molar-refractivity contribution is 7.91. The molecule has 0 atom stereocenters. The minimum absolute atomic E-state index is 0.205. The molecule has 0 aliphatic carbocycles. The minimum Gasteiger partial charge on any atom is -0.444 e. The first-order chi connectivity index (χ1) is 12.2. The summed E-state index contributed by atoms with van der Waals surface area (Å²) in [7, 11) is -3.50. The number of rotatable bonds is 3. The lowest BCUT2D eigenvalue weighted by atomic mass is 9.92. The van der Waals surface area contributed by atoms with Crippen LogP contribution in [0, 0.1) is 0 Å². The first kappa shape index (κ1) is 18.5. The third kappa shape index (κ3) is 3.90. The predicted octanol–water partition coefficient (Wildman–Crippen LogP) is 3.85. The lowest BCUT2D eigenvalue weighted by Crippen LogP contribution is -2.50. The van der Waals surface area contributed by atoms with Crippen LogP contribution in [0.15, 0.2) is 64.4 Å². The van der Waals surface area contributed by atoms with E-state index in [0.29, 0.717) is 13.1 Å². The van der Waals surface area contributed by atoms with Crippen molar-refractivity contribution in [3.05, 3.63) is 60.2 Å². The fourth-order valence-electron chi connectivity index (χ4n) is 2.82. The SMILES string of the molecule is CC(C)(C)OC(=O)N1CC(c2ccc(S(=O)(=O)c3ccccc3)cc2)C1. The van der Waals surface area contributed by atoms with Crippen molar-refractivity contribution < 1.29 is 17.9 Å². The Labute approximate surface area is 154 Å². The number of carbonyl (C=O) groups excluding carboxylic acids is 1. The number of carbonyl (C=O) groups is 1. The van der Waals surface area contributed by atoms with Gasteiger partial charge in [0, 0.05) is 19.0 Å². The van der Waals surface area contributed by atoms with E-state index in [9.17, 15) is 13.2 Å². The molecular formula is C20H23NO4S. The number of likely N-dealkylation sites (tertiary alicyclic amines) is 1. The fourth-order valence-corrected chi connectivity index (χ4v) is 4.10. The van der Waals surface area contributed by atoms with Crippen LogP contribution in [-0.4, -0.2) is 38.1 Å². The van der Waals surface area contributed by atoms with Crippen molar-refractivity contribution in [3.63, 3.8) is 0 Å². The van der Waals surface area contributed by atoms with Crippen molar-refractivity contribution in [3.8, 4) is 0 Å². The summed E-state index contributed by atoms with van der Waals surface area (Å²) < 4.78 is 30.6. The monoisotopic (exact) mass is 373 g/mol. The standard InChI is InChI=1S/C20H23NO4S/c1-20(2,3)25-19(22)21-13-16(14-21)15-9-11-18(12-10-15)26(23,24)17-7-5-4-6-8-17/h4-12,16H,13-14H2,1-3H3. The molecule has 0 N–H and O–H groups in total. The highest BCUT2D eigenvalue weighted by Crippen LogP contribution is 2.30. The Morgan fingerprint density at radius 3 is 2.04 bits per heavy atom. The molecule has 1 heterocycles. The molecule has 0 unspecified atom stereocenters. The molecule has 0 bridgehead atoms. The molecule has 3 rings (SSSR count). The maximum Gasteiger partial charge on any atom is 0.410 e. The van der Waals surface area contributed by atoms with Crippen LogP contribution in [0.1, 0.15) is 32.3 Å². The van der Waals surface area contributed by atoms with E-state index in [0.717, 1.165) is 5.56 Å². The Morgan fingerprint density at radius 1 is 0.962 bits per heavy atom. The van der Waals surface area contributed by atoms with E-state index in [-0.39, 0.29) is 21.8 Å². The van der Waals surface area contributed by atoms with Gasteiger partial charge in [0.25, 0.3) is 0 Å². The zero-order chi connectivity index (χ0) is 18.9. The second kappa shape index (κ2) is 6.76. The van der Waals surface area contributed by atoms with Crippen LogP contribution in [0.3, 0.4) is 0 Å². The van der Waals surface area contributed by atoms with Crippen LogP contribution in [0.25, 0.3) is 0 Å². The fraction of sp³-hybridized carbons (Fsp3) is 0.350. The van der Waals surface area contributed by atoms with Gasteiger partial charge in [0.05, 0.1) is 9.79 Å². The molecule has 2 aromatic carbocycles. The summed E-state index contributed by atoms with van der Waals surface area (Å²) in [6, 6.07) is 15.3. The van der Waals surface area contributed by atoms with Crippen molar-refractivity contribution in [2.24, 2.45) is 0 Å². The van der Waals surface area contributed by atoms with Gasteiger partial charge in [0.1, 0.15) is 5.60 Å². The van der Waals surface area contributed by atoms with E-state index in [1.54, 1.807) is 47.4 Å². The summed E-state index contributed by atoms with van der Waals surface area (Å²) in [6.45, 7) is 6.69. The highest BCUT2D eigenvalue weighted by atomic mass is 32.2. The smallest absolute Gasteiger partial charge is 0.410 e. The number of amides is 1. The van der Waals surface area contributed by atoms with E-state index in [4.69, 9.17) is 4.74 Å². The number of hydrogen-bond donors (Lipinski definition) is 0. The molecular weight excluding hydrogens is 350 g/mol. The van der Waals surface area contributed by atoms with Gasteiger partial charge in [-0.25, -0.2) is 13.2 Å². The average Bonchev–Trinajstić information content (AvgIpc) is 2.53. The molecule has 0 aromatic heterocycles. The average molecular weight is 373 g/mol. The maximum absolute atomic E-state index is 12.6. The topological polar surface area (TPSA) is 63.7 Å². The van der Waals surface area contributed by atoms with Crippen LogP contribution in [0.5, 0.6) is 0 Å². The van der Waals surface area contributed by atoms with Gasteiger partial charge in [-0.2, -0.15) is 0 Å². The van der Waals surface area contributed by atoms with Crippen LogP contribution < -0.4 is 0 Å². The second-order valence-electron chi connectivity index (χ2n) is 7.47. The summed E-state index contributed by atoms with van der Waals surface area (Å²) in [5.74, 6) is 0.205. The number of hydrogen-bond acceptors (Lipinski definition) is 4. The van der Waals surface area contributed by atoms with Crippen molar-refractivity contribution in [1.29, 1.82) is 0 Å². The highest BCUT2D eigenvalue weighted by Gasteiger charge is 2.34. The van der Waals surface area contributed by atoms with Crippen molar-refractivity contribution >= 4 is 15.9 Å². The molecule has 0 radical (unpaired) electrons. The normalized spacial score (nSPS) is 15.4. The maximum atomic E-state index is 12.6. The third-order valence-corrected chi connectivity index (χ3v) is 6.03. The van der Waals surface area contributed by atoms with Gasteiger partial charge in [-0.15, -0.1) is 0 Å². The van der Waals surface area contributed by atoms with Gasteiger partial charge >= 0.3 is 6.09 Å².